The van der Waals surface area contributed by atoms with E-state index >= 15 is 0 Å². The standard InChI is InChI=1S/C21H33N3O2S/c1-27(25,26)24-16-20-5-3-2-4-19(20)14-21(17-24)8-12-23(13-9-21)15-18-6-10-22-11-7-18/h2-5,18,22H,6-17H2,1H3. The molecule has 1 unspecified atom stereocenters. The van der Waals surface area contributed by atoms with E-state index in [0.717, 1.165) is 51.4 Å². The van der Waals surface area contributed by atoms with Crippen molar-refractivity contribution < 1.29 is 8.76 Å². The summed E-state index contributed by atoms with van der Waals surface area (Å²) in [5, 5.41) is 3.45. The lowest BCUT2D eigenvalue weighted by atomic mass is 9.73. The summed E-state index contributed by atoms with van der Waals surface area (Å²) in [5.74, 6) is 0.822. The molecule has 3 aliphatic rings. The lowest BCUT2D eigenvalue weighted by Gasteiger charge is -2.44. The predicted molar refractivity (Wildman–Crippen MR) is 109 cm³/mol. The zero-order valence-corrected chi connectivity index (χ0v) is 17.3. The van der Waals surface area contributed by atoms with Gasteiger partial charge in [0.15, 0.2) is 0 Å². The largest absolute Gasteiger partial charge is 0.598 e. The van der Waals surface area contributed by atoms with E-state index in [4.69, 9.17) is 0 Å². The molecule has 1 N–H and O–H groups in total. The van der Waals surface area contributed by atoms with Crippen LogP contribution in [0.4, 0.5) is 0 Å². The van der Waals surface area contributed by atoms with Gasteiger partial charge in [0.25, 0.3) is 0 Å². The molecule has 0 aliphatic carbocycles. The van der Waals surface area contributed by atoms with Crippen molar-refractivity contribution >= 4 is 10.4 Å². The van der Waals surface area contributed by atoms with Crippen molar-refractivity contribution in [2.24, 2.45) is 11.3 Å². The summed E-state index contributed by atoms with van der Waals surface area (Å²) in [7, 11) is -3.19. The number of nitrogens with zero attached hydrogens (tertiary/aromatic N) is 2. The molecule has 1 aromatic carbocycles. The van der Waals surface area contributed by atoms with E-state index < -0.39 is 10.4 Å². The molecule has 3 heterocycles. The van der Waals surface area contributed by atoms with Crippen molar-refractivity contribution in [1.82, 2.24) is 14.5 Å². The molecule has 2 fully saturated rings. The first-order chi connectivity index (χ1) is 12.9. The van der Waals surface area contributed by atoms with Gasteiger partial charge in [-0.1, -0.05) is 28.5 Å². The summed E-state index contributed by atoms with van der Waals surface area (Å²) in [4.78, 5) is 2.63. The minimum Gasteiger partial charge on any atom is -0.598 e. The Labute approximate surface area is 164 Å². The molecule has 6 heteroatoms. The van der Waals surface area contributed by atoms with E-state index in [2.05, 4.69) is 28.4 Å². The number of rotatable bonds is 3. The Kier molecular flexibility index (Phi) is 5.72. The Balaban J connectivity index is 1.47. The lowest BCUT2D eigenvalue weighted by molar-refractivity contribution is 0.0717. The van der Waals surface area contributed by atoms with Crippen LogP contribution in [0.2, 0.25) is 0 Å². The van der Waals surface area contributed by atoms with E-state index in [1.807, 2.05) is 6.07 Å². The van der Waals surface area contributed by atoms with Crippen LogP contribution in [0.3, 0.4) is 0 Å². The fourth-order valence-electron chi connectivity index (χ4n) is 5.17. The average molecular weight is 392 g/mol. The van der Waals surface area contributed by atoms with Crippen molar-refractivity contribution in [3.05, 3.63) is 35.4 Å². The van der Waals surface area contributed by atoms with Gasteiger partial charge in [-0.2, -0.15) is 0 Å². The maximum absolute atomic E-state index is 12.4. The number of likely N-dealkylation sites (tertiary alicyclic amines) is 1. The maximum atomic E-state index is 12.4. The number of hydrogen-bond donors (Lipinski definition) is 1. The van der Waals surface area contributed by atoms with Crippen LogP contribution in [0, 0.1) is 11.3 Å². The van der Waals surface area contributed by atoms with Gasteiger partial charge in [-0.05, 0) is 80.7 Å². The molecule has 2 saturated heterocycles. The van der Waals surface area contributed by atoms with Gasteiger partial charge in [0.05, 0.1) is 13.1 Å². The van der Waals surface area contributed by atoms with E-state index in [1.54, 1.807) is 4.31 Å². The summed E-state index contributed by atoms with van der Waals surface area (Å²) in [6, 6.07) is 8.41. The van der Waals surface area contributed by atoms with Gasteiger partial charge in [0.1, 0.15) is 16.7 Å². The third kappa shape index (κ3) is 4.62. The van der Waals surface area contributed by atoms with Gasteiger partial charge in [0, 0.05) is 6.54 Å². The fraction of sp³-hybridized carbons (Fsp3) is 0.714. The molecule has 150 valence electrons. The Morgan fingerprint density at radius 3 is 2.52 bits per heavy atom. The number of hydrogen-bond acceptors (Lipinski definition) is 4. The number of sulfonamides is 1. The lowest BCUT2D eigenvalue weighted by Crippen LogP contribution is -2.49. The van der Waals surface area contributed by atoms with Crippen LogP contribution < -0.4 is 5.32 Å². The summed E-state index contributed by atoms with van der Waals surface area (Å²) in [6.45, 7) is 6.92. The second-order valence-electron chi connectivity index (χ2n) is 8.97. The molecule has 0 aromatic heterocycles. The zero-order chi connectivity index (χ0) is 18.9. The van der Waals surface area contributed by atoms with Gasteiger partial charge in [0.2, 0.25) is 0 Å². The average Bonchev–Trinajstić information content (AvgIpc) is 2.81. The van der Waals surface area contributed by atoms with Crippen LogP contribution in [0.25, 0.3) is 0 Å². The van der Waals surface area contributed by atoms with Crippen LogP contribution in [-0.4, -0.2) is 59.3 Å². The quantitative estimate of drug-likeness (QED) is 0.804. The highest BCUT2D eigenvalue weighted by Crippen LogP contribution is 2.40. The molecule has 1 aromatic rings. The normalized spacial score (nSPS) is 27.0. The minimum absolute atomic E-state index is 0.0836. The Morgan fingerprint density at radius 1 is 1.19 bits per heavy atom. The molecule has 3 aliphatic heterocycles. The molecule has 5 nitrogen and oxygen atoms in total. The van der Waals surface area contributed by atoms with Crippen molar-refractivity contribution in [3.8, 4) is 0 Å². The Hall–Kier alpha value is -0.790. The van der Waals surface area contributed by atoms with Gasteiger partial charge >= 0.3 is 0 Å². The highest BCUT2D eigenvalue weighted by atomic mass is 32.3. The highest BCUT2D eigenvalue weighted by molar-refractivity contribution is 7.94. The van der Waals surface area contributed by atoms with Gasteiger partial charge in [-0.15, -0.1) is 4.31 Å². The zero-order valence-electron chi connectivity index (χ0n) is 16.5. The van der Waals surface area contributed by atoms with Gasteiger partial charge in [-0.3, -0.25) is 0 Å². The van der Waals surface area contributed by atoms with Crippen LogP contribution in [-0.2, 0) is 27.6 Å². The molecule has 0 saturated carbocycles. The second-order valence-corrected chi connectivity index (χ2v) is 11.0. The van der Waals surface area contributed by atoms with Crippen LogP contribution in [0.1, 0.15) is 36.8 Å². The Morgan fingerprint density at radius 2 is 1.85 bits per heavy atom. The maximum Gasteiger partial charge on any atom is 0.122 e. The number of nitrogens with one attached hydrogen (secondary N) is 1. The summed E-state index contributed by atoms with van der Waals surface area (Å²) in [5.41, 5.74) is 2.60. The summed E-state index contributed by atoms with van der Waals surface area (Å²) in [6.07, 6.45) is 7.14. The molecule has 0 radical (unpaired) electrons. The minimum atomic E-state index is -3.19. The van der Waals surface area contributed by atoms with E-state index in [-0.39, 0.29) is 5.41 Å². The molecule has 4 rings (SSSR count). The SMILES string of the molecule is C[S+](=O)([O-])N1Cc2ccccc2CC2(CCN(CC3CCNCC3)CC2)C1. The first-order valence-electron chi connectivity index (χ1n) is 10.4. The molecule has 27 heavy (non-hydrogen) atoms. The molecular formula is C21H33N3O2S. The first-order valence-corrected chi connectivity index (χ1v) is 12.2. The van der Waals surface area contributed by atoms with Gasteiger partial charge < -0.3 is 14.8 Å². The van der Waals surface area contributed by atoms with Gasteiger partial charge in [-0.25, -0.2) is 0 Å². The van der Waals surface area contributed by atoms with Crippen LogP contribution in [0.5, 0.6) is 0 Å². The molecule has 1 spiro atoms. The fourth-order valence-corrected chi connectivity index (χ4v) is 6.05. The predicted octanol–water partition coefficient (Wildman–Crippen LogP) is 2.30. The molecule has 0 bridgehead atoms. The van der Waals surface area contributed by atoms with E-state index in [1.165, 1.54) is 36.8 Å². The number of fused-ring (bicyclic) bond motifs is 1. The van der Waals surface area contributed by atoms with E-state index in [0.29, 0.717) is 13.1 Å². The number of piperidine rings is 2. The topological polar surface area (TPSA) is 58.6 Å². The Bertz CT molecular complexity index is 690. The summed E-state index contributed by atoms with van der Waals surface area (Å²) >= 11 is 0. The second kappa shape index (κ2) is 7.91. The number of benzene rings is 1. The highest BCUT2D eigenvalue weighted by Gasteiger charge is 2.42. The molecule has 1 atom stereocenters. The van der Waals surface area contributed by atoms with Crippen molar-refractivity contribution in [2.75, 3.05) is 45.5 Å². The first kappa shape index (κ1) is 19.5. The third-order valence-corrected chi connectivity index (χ3v) is 8.10. The summed E-state index contributed by atoms with van der Waals surface area (Å²) < 4.78 is 26.5. The smallest absolute Gasteiger partial charge is 0.122 e. The molecule has 0 amide bonds. The van der Waals surface area contributed by atoms with Crippen LogP contribution >= 0.6 is 0 Å². The van der Waals surface area contributed by atoms with Crippen molar-refractivity contribution in [1.29, 1.82) is 0 Å². The van der Waals surface area contributed by atoms with Crippen molar-refractivity contribution in [2.45, 2.75) is 38.6 Å². The van der Waals surface area contributed by atoms with Crippen LogP contribution in [0.15, 0.2) is 24.3 Å². The van der Waals surface area contributed by atoms with Crippen molar-refractivity contribution in [3.63, 3.8) is 0 Å². The monoisotopic (exact) mass is 391 g/mol. The third-order valence-electron chi connectivity index (χ3n) is 6.90. The molecular weight excluding hydrogens is 358 g/mol. The van der Waals surface area contributed by atoms with E-state index in [9.17, 15) is 8.76 Å².